The van der Waals surface area contributed by atoms with E-state index in [1.54, 1.807) is 6.33 Å². The molecule has 1 fully saturated rings. The third-order valence-corrected chi connectivity index (χ3v) is 7.10. The highest BCUT2D eigenvalue weighted by molar-refractivity contribution is 7.19. The molecule has 1 amide bonds. The first-order valence-corrected chi connectivity index (χ1v) is 10.9. The van der Waals surface area contributed by atoms with Gasteiger partial charge in [-0.05, 0) is 50.3 Å². The van der Waals surface area contributed by atoms with E-state index < -0.39 is 0 Å². The van der Waals surface area contributed by atoms with Crippen molar-refractivity contribution in [1.29, 1.82) is 0 Å². The standard InChI is InChI=1S/C22H24N4OS/c1-15-6-8-16(9-7-15)22(27)26-12-10-25(11-13-26)20-19-17-4-2-3-5-18(17)28-21(19)24-14-23-20/h6-9,14H,2-5,10-13H2,1H3. The first kappa shape index (κ1) is 17.6. The molecule has 1 aromatic carbocycles. The summed E-state index contributed by atoms with van der Waals surface area (Å²) in [4.78, 5) is 28.9. The minimum atomic E-state index is 0.125. The number of carbonyl (C=O) groups is 1. The molecule has 1 aliphatic carbocycles. The molecule has 0 unspecified atom stereocenters. The molecule has 0 atom stereocenters. The van der Waals surface area contributed by atoms with Crippen molar-refractivity contribution in [3.63, 3.8) is 0 Å². The normalized spacial score (nSPS) is 17.0. The van der Waals surface area contributed by atoms with Gasteiger partial charge in [-0.1, -0.05) is 17.7 Å². The number of benzene rings is 1. The van der Waals surface area contributed by atoms with Gasteiger partial charge in [0.05, 0.1) is 5.39 Å². The van der Waals surface area contributed by atoms with Crippen LogP contribution in [0.4, 0.5) is 5.82 Å². The molecule has 0 radical (unpaired) electrons. The van der Waals surface area contributed by atoms with Gasteiger partial charge in [0.15, 0.2) is 0 Å². The Morgan fingerprint density at radius 1 is 1.00 bits per heavy atom. The fraction of sp³-hybridized carbons (Fsp3) is 0.409. The Kier molecular flexibility index (Phi) is 4.51. The number of fused-ring (bicyclic) bond motifs is 3. The fourth-order valence-electron chi connectivity index (χ4n) is 4.31. The molecule has 2 aliphatic rings. The topological polar surface area (TPSA) is 49.3 Å². The summed E-state index contributed by atoms with van der Waals surface area (Å²) in [6, 6.07) is 7.85. The van der Waals surface area contributed by atoms with Crippen LogP contribution < -0.4 is 4.90 Å². The largest absolute Gasteiger partial charge is 0.352 e. The maximum atomic E-state index is 12.8. The van der Waals surface area contributed by atoms with Gasteiger partial charge in [-0.25, -0.2) is 9.97 Å². The number of piperazine rings is 1. The Balaban J connectivity index is 1.36. The van der Waals surface area contributed by atoms with Crippen LogP contribution in [0.1, 0.15) is 39.2 Å². The number of nitrogens with zero attached hydrogens (tertiary/aromatic N) is 4. The van der Waals surface area contributed by atoms with E-state index in [1.807, 2.05) is 47.4 Å². The third-order valence-electron chi connectivity index (χ3n) is 5.90. The number of hydrogen-bond donors (Lipinski definition) is 0. The molecule has 3 aromatic rings. The van der Waals surface area contributed by atoms with Crippen LogP contribution in [0.25, 0.3) is 10.2 Å². The molecule has 2 aromatic heterocycles. The lowest BCUT2D eigenvalue weighted by Gasteiger charge is -2.35. The van der Waals surface area contributed by atoms with Crippen molar-refractivity contribution >= 4 is 33.3 Å². The van der Waals surface area contributed by atoms with Gasteiger partial charge in [-0.3, -0.25) is 4.79 Å². The van der Waals surface area contributed by atoms with Crippen LogP contribution in [-0.4, -0.2) is 47.0 Å². The number of aromatic nitrogens is 2. The van der Waals surface area contributed by atoms with Gasteiger partial charge in [0.1, 0.15) is 17.0 Å². The highest BCUT2D eigenvalue weighted by Crippen LogP contribution is 2.39. The summed E-state index contributed by atoms with van der Waals surface area (Å²) in [7, 11) is 0. The van der Waals surface area contributed by atoms with Crippen molar-refractivity contribution in [2.24, 2.45) is 0 Å². The number of rotatable bonds is 2. The van der Waals surface area contributed by atoms with Gasteiger partial charge in [0.25, 0.3) is 5.91 Å². The molecular formula is C22H24N4OS. The highest BCUT2D eigenvalue weighted by Gasteiger charge is 2.26. The summed E-state index contributed by atoms with van der Waals surface area (Å²) in [6.07, 6.45) is 6.55. The van der Waals surface area contributed by atoms with Crippen molar-refractivity contribution in [1.82, 2.24) is 14.9 Å². The molecule has 0 bridgehead atoms. The minimum Gasteiger partial charge on any atom is -0.352 e. The average molecular weight is 393 g/mol. The van der Waals surface area contributed by atoms with Crippen molar-refractivity contribution in [2.45, 2.75) is 32.6 Å². The summed E-state index contributed by atoms with van der Waals surface area (Å²) in [5.74, 6) is 1.19. The maximum absolute atomic E-state index is 12.8. The second-order valence-electron chi connectivity index (χ2n) is 7.73. The molecule has 28 heavy (non-hydrogen) atoms. The van der Waals surface area contributed by atoms with E-state index in [4.69, 9.17) is 0 Å². The van der Waals surface area contributed by atoms with Gasteiger partial charge in [0, 0.05) is 36.6 Å². The molecule has 3 heterocycles. The van der Waals surface area contributed by atoms with Crippen LogP contribution in [0.5, 0.6) is 0 Å². The van der Waals surface area contributed by atoms with Crippen LogP contribution in [0.3, 0.4) is 0 Å². The van der Waals surface area contributed by atoms with Crippen molar-refractivity contribution in [3.8, 4) is 0 Å². The van der Waals surface area contributed by atoms with Crippen LogP contribution >= 0.6 is 11.3 Å². The van der Waals surface area contributed by atoms with Crippen molar-refractivity contribution in [2.75, 3.05) is 31.1 Å². The van der Waals surface area contributed by atoms with Crippen LogP contribution in [0.2, 0.25) is 0 Å². The molecule has 1 aliphatic heterocycles. The monoisotopic (exact) mass is 392 g/mol. The summed E-state index contributed by atoms with van der Waals surface area (Å²) >= 11 is 1.84. The van der Waals surface area contributed by atoms with Gasteiger partial charge in [-0.15, -0.1) is 11.3 Å². The SMILES string of the molecule is Cc1ccc(C(=O)N2CCN(c3ncnc4sc5c(c34)CCCC5)CC2)cc1. The van der Waals surface area contributed by atoms with E-state index in [1.165, 1.54) is 40.7 Å². The van der Waals surface area contributed by atoms with E-state index >= 15 is 0 Å². The summed E-state index contributed by atoms with van der Waals surface area (Å²) in [5.41, 5.74) is 3.42. The number of anilines is 1. The number of amides is 1. The van der Waals surface area contributed by atoms with Gasteiger partial charge >= 0.3 is 0 Å². The predicted octanol–water partition coefficient (Wildman–Crippen LogP) is 3.84. The zero-order chi connectivity index (χ0) is 19.1. The molecule has 144 valence electrons. The zero-order valence-electron chi connectivity index (χ0n) is 16.1. The number of carbonyl (C=O) groups excluding carboxylic acids is 1. The Morgan fingerprint density at radius 3 is 2.54 bits per heavy atom. The van der Waals surface area contributed by atoms with Crippen LogP contribution in [0, 0.1) is 6.92 Å². The van der Waals surface area contributed by atoms with Gasteiger partial charge in [0.2, 0.25) is 0 Å². The van der Waals surface area contributed by atoms with E-state index in [2.05, 4.69) is 14.9 Å². The van der Waals surface area contributed by atoms with Crippen LogP contribution in [-0.2, 0) is 12.8 Å². The first-order valence-electron chi connectivity index (χ1n) is 10.1. The Morgan fingerprint density at radius 2 is 1.75 bits per heavy atom. The lowest BCUT2D eigenvalue weighted by Crippen LogP contribution is -2.49. The highest BCUT2D eigenvalue weighted by atomic mass is 32.1. The molecule has 6 heteroatoms. The Bertz CT molecular complexity index is 1020. The van der Waals surface area contributed by atoms with Crippen LogP contribution in [0.15, 0.2) is 30.6 Å². The molecule has 5 nitrogen and oxygen atoms in total. The van der Waals surface area contributed by atoms with Crippen molar-refractivity contribution in [3.05, 3.63) is 52.2 Å². The molecule has 0 saturated carbocycles. The summed E-state index contributed by atoms with van der Waals surface area (Å²) < 4.78 is 0. The molecular weight excluding hydrogens is 368 g/mol. The summed E-state index contributed by atoms with van der Waals surface area (Å²) in [5, 5.41) is 1.26. The van der Waals surface area contributed by atoms with Crippen molar-refractivity contribution < 1.29 is 4.79 Å². The predicted molar refractivity (Wildman–Crippen MR) is 113 cm³/mol. The molecule has 1 saturated heterocycles. The average Bonchev–Trinajstić information content (AvgIpc) is 3.13. The second kappa shape index (κ2) is 7.17. The lowest BCUT2D eigenvalue weighted by molar-refractivity contribution is 0.0746. The van der Waals surface area contributed by atoms with E-state index in [0.717, 1.165) is 48.8 Å². The second-order valence-corrected chi connectivity index (χ2v) is 8.82. The number of thiophene rings is 1. The van der Waals surface area contributed by atoms with E-state index in [9.17, 15) is 4.79 Å². The third kappa shape index (κ3) is 3.05. The Hall–Kier alpha value is -2.47. The van der Waals surface area contributed by atoms with Gasteiger partial charge < -0.3 is 9.80 Å². The number of hydrogen-bond acceptors (Lipinski definition) is 5. The quantitative estimate of drug-likeness (QED) is 0.665. The Labute approximate surface area is 169 Å². The minimum absolute atomic E-state index is 0.125. The first-order chi connectivity index (χ1) is 13.7. The maximum Gasteiger partial charge on any atom is 0.253 e. The zero-order valence-corrected chi connectivity index (χ0v) is 17.0. The van der Waals surface area contributed by atoms with E-state index in [0.29, 0.717) is 0 Å². The number of aryl methyl sites for hydroxylation is 3. The van der Waals surface area contributed by atoms with E-state index in [-0.39, 0.29) is 5.91 Å². The molecule has 5 rings (SSSR count). The summed E-state index contributed by atoms with van der Waals surface area (Å²) in [6.45, 7) is 5.12. The molecule has 0 spiro atoms. The lowest BCUT2D eigenvalue weighted by atomic mass is 9.97. The molecule has 0 N–H and O–H groups in total. The fourth-order valence-corrected chi connectivity index (χ4v) is 5.54. The smallest absolute Gasteiger partial charge is 0.253 e. The van der Waals surface area contributed by atoms with Gasteiger partial charge in [-0.2, -0.15) is 0 Å².